The summed E-state index contributed by atoms with van der Waals surface area (Å²) in [4.78, 5) is 20.5. The topological polar surface area (TPSA) is 80.9 Å². The van der Waals surface area contributed by atoms with Crippen molar-refractivity contribution >= 4 is 5.91 Å². The molecule has 2 aromatic heterocycles. The molecule has 0 unspecified atom stereocenters. The van der Waals surface area contributed by atoms with Crippen LogP contribution in [-0.2, 0) is 17.8 Å². The van der Waals surface area contributed by atoms with Crippen LogP contribution < -0.4 is 5.32 Å². The molecule has 0 atom stereocenters. The summed E-state index contributed by atoms with van der Waals surface area (Å²) in [5.41, 5.74) is 3.00. The lowest BCUT2D eigenvalue weighted by Crippen LogP contribution is -2.23. The van der Waals surface area contributed by atoms with Gasteiger partial charge in [0.2, 0.25) is 17.6 Å². The highest BCUT2D eigenvalue weighted by atomic mass is 16.5. The lowest BCUT2D eigenvalue weighted by Gasteiger charge is -2.04. The van der Waals surface area contributed by atoms with E-state index in [1.165, 1.54) is 5.56 Å². The third kappa shape index (κ3) is 4.75. The molecule has 1 N–H and O–H groups in total. The third-order valence-electron chi connectivity index (χ3n) is 4.06. The number of nitrogens with zero attached hydrogens (tertiary/aromatic N) is 3. The van der Waals surface area contributed by atoms with Gasteiger partial charge in [-0.1, -0.05) is 49.3 Å². The van der Waals surface area contributed by atoms with E-state index in [2.05, 4.69) is 46.4 Å². The lowest BCUT2D eigenvalue weighted by atomic mass is 10.0. The van der Waals surface area contributed by atoms with Gasteiger partial charge in [0.25, 0.3) is 0 Å². The number of aryl methyl sites for hydroxylation is 1. The highest BCUT2D eigenvalue weighted by Gasteiger charge is 2.11. The summed E-state index contributed by atoms with van der Waals surface area (Å²) in [6.07, 6.45) is 2.40. The average Bonchev–Trinajstić information content (AvgIpc) is 3.14. The second kappa shape index (κ2) is 8.38. The first-order valence-corrected chi connectivity index (χ1v) is 8.71. The molecule has 0 saturated heterocycles. The normalized spacial score (nSPS) is 10.9. The summed E-state index contributed by atoms with van der Waals surface area (Å²) in [6, 6.07) is 13.7. The first kappa shape index (κ1) is 17.8. The molecule has 1 aromatic carbocycles. The molecule has 2 heterocycles. The van der Waals surface area contributed by atoms with E-state index in [-0.39, 0.29) is 5.91 Å². The smallest absolute Gasteiger partial charge is 0.227 e. The molecule has 0 fully saturated rings. The van der Waals surface area contributed by atoms with Crippen LogP contribution >= 0.6 is 0 Å². The van der Waals surface area contributed by atoms with Gasteiger partial charge in [0.15, 0.2) is 0 Å². The van der Waals surface area contributed by atoms with E-state index in [1.54, 1.807) is 6.20 Å². The molecular formula is C20H22N4O2. The second-order valence-electron chi connectivity index (χ2n) is 6.39. The maximum absolute atomic E-state index is 11.9. The summed E-state index contributed by atoms with van der Waals surface area (Å²) in [5.74, 6) is 1.41. The Morgan fingerprint density at radius 1 is 1.15 bits per heavy atom. The van der Waals surface area contributed by atoms with Crippen molar-refractivity contribution in [1.82, 2.24) is 20.4 Å². The number of hydrogen-bond acceptors (Lipinski definition) is 5. The third-order valence-corrected chi connectivity index (χ3v) is 4.06. The number of hydrogen-bond donors (Lipinski definition) is 1. The van der Waals surface area contributed by atoms with E-state index in [4.69, 9.17) is 4.52 Å². The van der Waals surface area contributed by atoms with Crippen LogP contribution in [0.25, 0.3) is 11.4 Å². The highest BCUT2D eigenvalue weighted by molar-refractivity contribution is 5.75. The fourth-order valence-corrected chi connectivity index (χ4v) is 2.49. The number of benzene rings is 1. The van der Waals surface area contributed by atoms with Crippen molar-refractivity contribution in [3.05, 3.63) is 65.8 Å². The van der Waals surface area contributed by atoms with Crippen LogP contribution in [0.15, 0.2) is 53.2 Å². The molecule has 0 aliphatic heterocycles. The minimum absolute atomic E-state index is 0.0725. The number of nitrogens with one attached hydrogen (secondary N) is 1. The standard InChI is InChI=1S/C20H22N4O2/c1-14(2)15-6-8-16(9-7-15)20-23-19(26-24-20)11-10-18(25)22-13-17-5-3-4-12-21-17/h3-9,12,14H,10-11,13H2,1-2H3,(H,22,25). The molecule has 0 bridgehead atoms. The zero-order chi connectivity index (χ0) is 18.4. The van der Waals surface area contributed by atoms with Crippen molar-refractivity contribution in [1.29, 1.82) is 0 Å². The lowest BCUT2D eigenvalue weighted by molar-refractivity contribution is -0.121. The van der Waals surface area contributed by atoms with Gasteiger partial charge >= 0.3 is 0 Å². The van der Waals surface area contributed by atoms with Gasteiger partial charge in [-0.2, -0.15) is 4.98 Å². The van der Waals surface area contributed by atoms with Gasteiger partial charge in [-0.3, -0.25) is 9.78 Å². The van der Waals surface area contributed by atoms with Gasteiger partial charge in [0, 0.05) is 24.6 Å². The van der Waals surface area contributed by atoms with E-state index in [0.717, 1.165) is 11.3 Å². The molecule has 3 aromatic rings. The van der Waals surface area contributed by atoms with E-state index >= 15 is 0 Å². The molecule has 0 spiro atoms. The van der Waals surface area contributed by atoms with Crippen molar-refractivity contribution in [2.75, 3.05) is 0 Å². The number of aromatic nitrogens is 3. The summed E-state index contributed by atoms with van der Waals surface area (Å²) in [6.45, 7) is 4.72. The summed E-state index contributed by atoms with van der Waals surface area (Å²) >= 11 is 0. The average molecular weight is 350 g/mol. The molecule has 0 radical (unpaired) electrons. The Morgan fingerprint density at radius 3 is 2.65 bits per heavy atom. The number of carbonyl (C=O) groups excluding carboxylic acids is 1. The Kier molecular flexibility index (Phi) is 5.73. The van der Waals surface area contributed by atoms with Crippen LogP contribution in [0.2, 0.25) is 0 Å². The minimum atomic E-state index is -0.0725. The monoisotopic (exact) mass is 350 g/mol. The first-order chi connectivity index (χ1) is 12.6. The zero-order valence-corrected chi connectivity index (χ0v) is 15.0. The van der Waals surface area contributed by atoms with E-state index in [9.17, 15) is 4.79 Å². The molecule has 1 amide bonds. The van der Waals surface area contributed by atoms with Gasteiger partial charge in [0.05, 0.1) is 12.2 Å². The molecule has 0 aliphatic carbocycles. The Hall–Kier alpha value is -3.02. The quantitative estimate of drug-likeness (QED) is 0.705. The van der Waals surface area contributed by atoms with Crippen molar-refractivity contribution in [2.45, 2.75) is 39.2 Å². The Bertz CT molecular complexity index is 842. The van der Waals surface area contributed by atoms with Gasteiger partial charge < -0.3 is 9.84 Å². The first-order valence-electron chi connectivity index (χ1n) is 8.71. The van der Waals surface area contributed by atoms with Crippen LogP contribution in [0.5, 0.6) is 0 Å². The molecule has 0 saturated carbocycles. The van der Waals surface area contributed by atoms with Crippen molar-refractivity contribution in [3.8, 4) is 11.4 Å². The van der Waals surface area contributed by atoms with Crippen LogP contribution in [0, 0.1) is 0 Å². The number of rotatable bonds is 7. The van der Waals surface area contributed by atoms with Crippen LogP contribution in [0.4, 0.5) is 0 Å². The summed E-state index contributed by atoms with van der Waals surface area (Å²) in [5, 5.41) is 6.84. The Labute approximate surface area is 152 Å². The zero-order valence-electron chi connectivity index (χ0n) is 15.0. The van der Waals surface area contributed by atoms with Gasteiger partial charge in [-0.05, 0) is 23.6 Å². The molecular weight excluding hydrogens is 328 g/mol. The van der Waals surface area contributed by atoms with Gasteiger partial charge in [0.1, 0.15) is 0 Å². The molecule has 6 nitrogen and oxygen atoms in total. The fourth-order valence-electron chi connectivity index (χ4n) is 2.49. The fraction of sp³-hybridized carbons (Fsp3) is 0.300. The molecule has 134 valence electrons. The van der Waals surface area contributed by atoms with Crippen LogP contribution in [0.3, 0.4) is 0 Å². The van der Waals surface area contributed by atoms with E-state index in [1.807, 2.05) is 30.3 Å². The van der Waals surface area contributed by atoms with Crippen molar-refractivity contribution in [3.63, 3.8) is 0 Å². The predicted molar refractivity (Wildman–Crippen MR) is 98.2 cm³/mol. The van der Waals surface area contributed by atoms with Crippen LogP contribution in [-0.4, -0.2) is 21.0 Å². The number of amides is 1. The molecule has 26 heavy (non-hydrogen) atoms. The van der Waals surface area contributed by atoms with Crippen LogP contribution in [0.1, 0.15) is 43.3 Å². The van der Waals surface area contributed by atoms with Gasteiger partial charge in [-0.15, -0.1) is 0 Å². The number of pyridine rings is 1. The SMILES string of the molecule is CC(C)c1ccc(-c2noc(CCC(=O)NCc3ccccn3)n2)cc1. The predicted octanol–water partition coefficient (Wildman–Crippen LogP) is 3.50. The maximum atomic E-state index is 11.9. The minimum Gasteiger partial charge on any atom is -0.350 e. The molecule has 3 rings (SSSR count). The van der Waals surface area contributed by atoms with Crippen molar-refractivity contribution in [2.24, 2.45) is 0 Å². The highest BCUT2D eigenvalue weighted by Crippen LogP contribution is 2.20. The summed E-state index contributed by atoms with van der Waals surface area (Å²) in [7, 11) is 0. The largest absolute Gasteiger partial charge is 0.350 e. The molecule has 0 aliphatic rings. The summed E-state index contributed by atoms with van der Waals surface area (Å²) < 4.78 is 5.26. The number of carbonyl (C=O) groups is 1. The van der Waals surface area contributed by atoms with E-state index < -0.39 is 0 Å². The second-order valence-corrected chi connectivity index (χ2v) is 6.39. The van der Waals surface area contributed by atoms with E-state index in [0.29, 0.717) is 37.0 Å². The maximum Gasteiger partial charge on any atom is 0.227 e. The van der Waals surface area contributed by atoms with Crippen molar-refractivity contribution < 1.29 is 9.32 Å². The van der Waals surface area contributed by atoms with Gasteiger partial charge in [-0.25, -0.2) is 0 Å². The Morgan fingerprint density at radius 2 is 1.96 bits per heavy atom. The molecule has 6 heteroatoms. The Balaban J connectivity index is 1.51.